The van der Waals surface area contributed by atoms with Crippen molar-refractivity contribution in [3.8, 4) is 0 Å². The summed E-state index contributed by atoms with van der Waals surface area (Å²) in [5.74, 6) is 1.41. The van der Waals surface area contributed by atoms with Crippen molar-refractivity contribution in [2.24, 2.45) is 0 Å². The first kappa shape index (κ1) is 17.1. The molecule has 7 heteroatoms. The van der Waals surface area contributed by atoms with Gasteiger partial charge in [0.15, 0.2) is 5.16 Å². The highest BCUT2D eigenvalue weighted by atomic mass is 32.2. The molecule has 0 aliphatic heterocycles. The lowest BCUT2D eigenvalue weighted by molar-refractivity contribution is 0.476. The van der Waals surface area contributed by atoms with E-state index < -0.39 is 0 Å². The molecule has 0 amide bonds. The van der Waals surface area contributed by atoms with E-state index in [0.717, 1.165) is 22.9 Å². The Morgan fingerprint density at radius 3 is 2.85 bits per heavy atom. The fourth-order valence-corrected chi connectivity index (χ4v) is 4.41. The second-order valence-corrected chi connectivity index (χ2v) is 7.64. The van der Waals surface area contributed by atoms with E-state index in [0.29, 0.717) is 28.4 Å². The van der Waals surface area contributed by atoms with Gasteiger partial charge in [-0.25, -0.2) is 9.97 Å². The van der Waals surface area contributed by atoms with Crippen LogP contribution in [-0.2, 0) is 18.7 Å². The maximum atomic E-state index is 13.0. The highest BCUT2D eigenvalue weighted by molar-refractivity contribution is 7.98. The van der Waals surface area contributed by atoms with Crippen molar-refractivity contribution < 1.29 is 4.42 Å². The van der Waals surface area contributed by atoms with Crippen LogP contribution in [0.1, 0.15) is 23.4 Å². The first-order valence-corrected chi connectivity index (χ1v) is 10.2. The van der Waals surface area contributed by atoms with Crippen LogP contribution in [0, 0.1) is 0 Å². The molecule has 3 aromatic heterocycles. The van der Waals surface area contributed by atoms with Crippen LogP contribution >= 0.6 is 23.1 Å². The van der Waals surface area contributed by atoms with Gasteiger partial charge in [0.05, 0.1) is 34.4 Å². The van der Waals surface area contributed by atoms with E-state index in [1.165, 1.54) is 11.8 Å². The van der Waals surface area contributed by atoms with E-state index >= 15 is 0 Å². The lowest BCUT2D eigenvalue weighted by Gasteiger charge is -2.11. The molecule has 0 saturated heterocycles. The van der Waals surface area contributed by atoms with E-state index in [-0.39, 0.29) is 5.56 Å². The molecule has 0 atom stereocenters. The molecular formula is C19H17N3O2S2. The van der Waals surface area contributed by atoms with Crippen molar-refractivity contribution in [2.75, 3.05) is 0 Å². The van der Waals surface area contributed by atoms with Gasteiger partial charge in [-0.15, -0.1) is 11.3 Å². The highest BCUT2D eigenvalue weighted by Crippen LogP contribution is 2.24. The summed E-state index contributed by atoms with van der Waals surface area (Å²) in [6.45, 7) is 2.46. The molecule has 0 aliphatic carbocycles. The fourth-order valence-electron chi connectivity index (χ4n) is 2.67. The average molecular weight is 383 g/mol. The van der Waals surface area contributed by atoms with Crippen LogP contribution in [0.25, 0.3) is 10.9 Å². The van der Waals surface area contributed by atoms with Gasteiger partial charge in [-0.05, 0) is 30.7 Å². The van der Waals surface area contributed by atoms with Crippen molar-refractivity contribution in [3.63, 3.8) is 0 Å². The molecule has 3 heterocycles. The van der Waals surface area contributed by atoms with Gasteiger partial charge in [-0.2, -0.15) is 0 Å². The third kappa shape index (κ3) is 3.45. The van der Waals surface area contributed by atoms with Crippen molar-refractivity contribution in [2.45, 2.75) is 30.8 Å². The number of hydrogen-bond acceptors (Lipinski definition) is 6. The Bertz CT molecular complexity index is 1080. The summed E-state index contributed by atoms with van der Waals surface area (Å²) in [6, 6.07) is 11.1. The molecule has 0 fully saturated rings. The fraction of sp³-hybridized carbons (Fsp3) is 0.211. The maximum Gasteiger partial charge on any atom is 0.262 e. The van der Waals surface area contributed by atoms with Gasteiger partial charge in [0.25, 0.3) is 5.56 Å². The number of hydrogen-bond donors (Lipinski definition) is 0. The second-order valence-electron chi connectivity index (χ2n) is 5.76. The average Bonchev–Trinajstić information content (AvgIpc) is 3.34. The van der Waals surface area contributed by atoms with Crippen LogP contribution in [0.5, 0.6) is 0 Å². The summed E-state index contributed by atoms with van der Waals surface area (Å²) in [5, 5.41) is 4.49. The predicted octanol–water partition coefficient (Wildman–Crippen LogP) is 4.35. The van der Waals surface area contributed by atoms with E-state index in [4.69, 9.17) is 9.40 Å². The molecule has 5 nitrogen and oxygen atoms in total. The first-order chi connectivity index (χ1) is 12.7. The van der Waals surface area contributed by atoms with Crippen LogP contribution in [0.4, 0.5) is 0 Å². The lowest BCUT2D eigenvalue weighted by atomic mass is 10.2. The smallest absolute Gasteiger partial charge is 0.262 e. The summed E-state index contributed by atoms with van der Waals surface area (Å²) >= 11 is 3.20. The number of thioether (sulfide) groups is 1. The largest absolute Gasteiger partial charge is 0.467 e. The lowest BCUT2D eigenvalue weighted by Crippen LogP contribution is -2.23. The minimum atomic E-state index is -0.0537. The molecule has 0 radical (unpaired) electrons. The Kier molecular flexibility index (Phi) is 4.90. The van der Waals surface area contributed by atoms with Gasteiger partial charge in [0.2, 0.25) is 0 Å². The molecule has 26 heavy (non-hydrogen) atoms. The molecule has 0 spiro atoms. The second kappa shape index (κ2) is 7.47. The Hall–Kier alpha value is -2.38. The molecule has 0 N–H and O–H groups in total. The van der Waals surface area contributed by atoms with Crippen LogP contribution in [0.15, 0.2) is 62.4 Å². The number of aryl methyl sites for hydroxylation is 1. The van der Waals surface area contributed by atoms with E-state index in [1.807, 2.05) is 36.4 Å². The SMILES string of the molecule is CCc1nc(CSc2nc3ccccc3c(=O)n2Cc2ccco2)cs1. The number of benzene rings is 1. The summed E-state index contributed by atoms with van der Waals surface area (Å²) < 4.78 is 7.11. The van der Waals surface area contributed by atoms with Crippen molar-refractivity contribution >= 4 is 34.0 Å². The number of furan rings is 1. The monoisotopic (exact) mass is 383 g/mol. The van der Waals surface area contributed by atoms with Gasteiger partial charge in [0, 0.05) is 11.1 Å². The Morgan fingerprint density at radius 2 is 2.08 bits per heavy atom. The van der Waals surface area contributed by atoms with Crippen LogP contribution in [0.3, 0.4) is 0 Å². The van der Waals surface area contributed by atoms with Gasteiger partial charge < -0.3 is 4.42 Å². The van der Waals surface area contributed by atoms with Crippen molar-refractivity contribution in [1.29, 1.82) is 0 Å². The molecule has 0 bridgehead atoms. The van der Waals surface area contributed by atoms with E-state index in [9.17, 15) is 4.79 Å². The third-order valence-corrected chi connectivity index (χ3v) is 6.02. The normalized spacial score (nSPS) is 11.3. The molecule has 0 saturated carbocycles. The zero-order chi connectivity index (χ0) is 17.9. The minimum Gasteiger partial charge on any atom is -0.467 e. The standard InChI is InChI=1S/C19H17N3O2S2/c1-2-17-20-13(11-25-17)12-26-19-21-16-8-4-3-7-15(16)18(23)22(19)10-14-6-5-9-24-14/h3-9,11H,2,10,12H2,1H3. The number of nitrogens with zero attached hydrogens (tertiary/aromatic N) is 3. The molecule has 0 unspecified atom stereocenters. The van der Waals surface area contributed by atoms with Gasteiger partial charge in [-0.1, -0.05) is 30.8 Å². The van der Waals surface area contributed by atoms with Gasteiger partial charge in [-0.3, -0.25) is 9.36 Å². The third-order valence-electron chi connectivity index (χ3n) is 3.97. The Labute approximate surface area is 158 Å². The van der Waals surface area contributed by atoms with Crippen molar-refractivity contribution in [1.82, 2.24) is 14.5 Å². The minimum absolute atomic E-state index is 0.0537. The first-order valence-electron chi connectivity index (χ1n) is 8.32. The number of thiazole rings is 1. The number of para-hydroxylation sites is 1. The number of fused-ring (bicyclic) bond motifs is 1. The Morgan fingerprint density at radius 1 is 1.19 bits per heavy atom. The summed E-state index contributed by atoms with van der Waals surface area (Å²) in [5.41, 5.74) is 1.68. The molecular weight excluding hydrogens is 366 g/mol. The van der Waals surface area contributed by atoms with Crippen LogP contribution < -0.4 is 5.56 Å². The highest BCUT2D eigenvalue weighted by Gasteiger charge is 2.14. The Balaban J connectivity index is 1.71. The molecule has 4 rings (SSSR count). The zero-order valence-electron chi connectivity index (χ0n) is 14.2. The summed E-state index contributed by atoms with van der Waals surface area (Å²) in [7, 11) is 0. The predicted molar refractivity (Wildman–Crippen MR) is 105 cm³/mol. The quantitative estimate of drug-likeness (QED) is 0.366. The van der Waals surface area contributed by atoms with E-state index in [1.54, 1.807) is 22.2 Å². The van der Waals surface area contributed by atoms with Crippen LogP contribution in [0.2, 0.25) is 0 Å². The molecule has 4 aromatic rings. The maximum absolute atomic E-state index is 13.0. The summed E-state index contributed by atoms with van der Waals surface area (Å²) in [4.78, 5) is 22.3. The molecule has 1 aromatic carbocycles. The van der Waals surface area contributed by atoms with Crippen LogP contribution in [-0.4, -0.2) is 14.5 Å². The number of aromatic nitrogens is 3. The summed E-state index contributed by atoms with van der Waals surface area (Å²) in [6.07, 6.45) is 2.55. The zero-order valence-corrected chi connectivity index (χ0v) is 15.8. The molecule has 0 aliphatic rings. The van der Waals surface area contributed by atoms with Crippen molar-refractivity contribution in [3.05, 3.63) is 74.9 Å². The topological polar surface area (TPSA) is 60.9 Å². The van der Waals surface area contributed by atoms with Gasteiger partial charge in [0.1, 0.15) is 5.76 Å². The number of rotatable bonds is 6. The molecule has 132 valence electrons. The van der Waals surface area contributed by atoms with Gasteiger partial charge >= 0.3 is 0 Å². The van der Waals surface area contributed by atoms with E-state index in [2.05, 4.69) is 17.3 Å².